The zero-order valence-corrected chi connectivity index (χ0v) is 12.4. The fourth-order valence-electron chi connectivity index (χ4n) is 3.65. The molecule has 2 N–H and O–H groups in total. The van der Waals surface area contributed by atoms with Crippen LogP contribution in [-0.4, -0.2) is 25.0 Å². The normalized spacial score (nSPS) is 26.3. The molecule has 2 fully saturated rings. The van der Waals surface area contributed by atoms with Gasteiger partial charge in [0, 0.05) is 18.5 Å². The van der Waals surface area contributed by atoms with Crippen LogP contribution in [0, 0.1) is 11.8 Å². The summed E-state index contributed by atoms with van der Waals surface area (Å²) in [5, 5.41) is 6.65. The molecule has 2 aliphatic rings. The first kappa shape index (κ1) is 14.8. The Hall–Kier alpha value is -0.570. The maximum atomic E-state index is 12.5. The Morgan fingerprint density at radius 1 is 1.26 bits per heavy atom. The van der Waals surface area contributed by atoms with Gasteiger partial charge in [0.05, 0.1) is 0 Å². The summed E-state index contributed by atoms with van der Waals surface area (Å²) in [5.74, 6) is 1.39. The van der Waals surface area contributed by atoms with Crippen LogP contribution in [0.2, 0.25) is 0 Å². The van der Waals surface area contributed by atoms with Crippen molar-refractivity contribution in [1.29, 1.82) is 0 Å². The highest BCUT2D eigenvalue weighted by atomic mass is 16.1. The molecule has 3 heteroatoms. The van der Waals surface area contributed by atoms with Gasteiger partial charge in [-0.25, -0.2) is 0 Å². The molecule has 19 heavy (non-hydrogen) atoms. The minimum Gasteiger partial charge on any atom is -0.352 e. The molecule has 1 heterocycles. The third-order valence-corrected chi connectivity index (χ3v) is 4.74. The molecule has 0 radical (unpaired) electrons. The van der Waals surface area contributed by atoms with E-state index >= 15 is 0 Å². The number of carbonyl (C=O) groups excluding carboxylic acids is 1. The summed E-state index contributed by atoms with van der Waals surface area (Å²) in [5.41, 5.74) is 0. The summed E-state index contributed by atoms with van der Waals surface area (Å²) in [6.45, 7) is 4.25. The predicted molar refractivity (Wildman–Crippen MR) is 79.0 cm³/mol. The van der Waals surface area contributed by atoms with Crippen LogP contribution >= 0.6 is 0 Å². The second-order valence-corrected chi connectivity index (χ2v) is 6.42. The molecule has 1 aliphatic heterocycles. The van der Waals surface area contributed by atoms with Gasteiger partial charge in [-0.15, -0.1) is 0 Å². The summed E-state index contributed by atoms with van der Waals surface area (Å²) >= 11 is 0. The number of amides is 1. The van der Waals surface area contributed by atoms with E-state index in [0.717, 1.165) is 44.7 Å². The van der Waals surface area contributed by atoms with Crippen molar-refractivity contribution in [3.05, 3.63) is 0 Å². The summed E-state index contributed by atoms with van der Waals surface area (Å²) in [7, 11) is 0. The van der Waals surface area contributed by atoms with E-state index in [2.05, 4.69) is 17.6 Å². The first-order chi connectivity index (χ1) is 9.29. The van der Waals surface area contributed by atoms with E-state index in [1.165, 1.54) is 32.1 Å². The van der Waals surface area contributed by atoms with Gasteiger partial charge < -0.3 is 10.6 Å². The van der Waals surface area contributed by atoms with Crippen molar-refractivity contribution in [2.45, 2.75) is 70.8 Å². The third kappa shape index (κ3) is 4.79. The lowest BCUT2D eigenvalue weighted by Gasteiger charge is -2.27. The van der Waals surface area contributed by atoms with Crippen molar-refractivity contribution in [1.82, 2.24) is 10.6 Å². The summed E-state index contributed by atoms with van der Waals surface area (Å²) in [4.78, 5) is 12.5. The highest BCUT2D eigenvalue weighted by Crippen LogP contribution is 2.31. The van der Waals surface area contributed by atoms with Gasteiger partial charge in [-0.05, 0) is 38.1 Å². The smallest absolute Gasteiger partial charge is 0.223 e. The highest BCUT2D eigenvalue weighted by molar-refractivity contribution is 5.79. The Morgan fingerprint density at radius 2 is 2.05 bits per heavy atom. The monoisotopic (exact) mass is 266 g/mol. The second kappa shape index (κ2) is 7.88. The molecule has 0 spiro atoms. The van der Waals surface area contributed by atoms with Gasteiger partial charge in [0.2, 0.25) is 5.91 Å². The molecule has 1 amide bonds. The Kier molecular flexibility index (Phi) is 6.15. The maximum absolute atomic E-state index is 12.5. The molecule has 2 unspecified atom stereocenters. The average Bonchev–Trinajstić information content (AvgIpc) is 2.92. The molecule has 0 aromatic rings. The molecule has 1 aliphatic carbocycles. The van der Waals surface area contributed by atoms with Gasteiger partial charge >= 0.3 is 0 Å². The van der Waals surface area contributed by atoms with Crippen LogP contribution < -0.4 is 10.6 Å². The SMILES string of the molecule is CCCC(CC1CCCC1)C(=O)NC1CCCNC1. The van der Waals surface area contributed by atoms with Gasteiger partial charge in [0.15, 0.2) is 0 Å². The Balaban J connectivity index is 1.80. The lowest BCUT2D eigenvalue weighted by Crippen LogP contribution is -2.47. The number of nitrogens with one attached hydrogen (secondary N) is 2. The summed E-state index contributed by atoms with van der Waals surface area (Å²) in [6.07, 6.45) is 11.1. The molecule has 3 nitrogen and oxygen atoms in total. The van der Waals surface area contributed by atoms with Crippen LogP contribution in [-0.2, 0) is 4.79 Å². The fourth-order valence-corrected chi connectivity index (χ4v) is 3.65. The first-order valence-corrected chi connectivity index (χ1v) is 8.30. The zero-order valence-electron chi connectivity index (χ0n) is 12.4. The topological polar surface area (TPSA) is 41.1 Å². The minimum absolute atomic E-state index is 0.259. The Bertz CT molecular complexity index is 268. The van der Waals surface area contributed by atoms with Crippen molar-refractivity contribution >= 4 is 5.91 Å². The maximum Gasteiger partial charge on any atom is 0.223 e. The molecule has 0 aromatic carbocycles. The van der Waals surface area contributed by atoms with Crippen LogP contribution in [0.15, 0.2) is 0 Å². The lowest BCUT2D eigenvalue weighted by molar-refractivity contribution is -0.126. The van der Waals surface area contributed by atoms with Gasteiger partial charge in [-0.2, -0.15) is 0 Å². The fraction of sp³-hybridized carbons (Fsp3) is 0.938. The second-order valence-electron chi connectivity index (χ2n) is 6.42. The van der Waals surface area contributed by atoms with E-state index < -0.39 is 0 Å². The third-order valence-electron chi connectivity index (χ3n) is 4.74. The van der Waals surface area contributed by atoms with E-state index in [9.17, 15) is 4.79 Å². The van der Waals surface area contributed by atoms with Gasteiger partial charge in [-0.3, -0.25) is 4.79 Å². The zero-order chi connectivity index (χ0) is 13.5. The number of carbonyl (C=O) groups is 1. The predicted octanol–water partition coefficient (Wildman–Crippen LogP) is 2.85. The van der Waals surface area contributed by atoms with Crippen LogP contribution in [0.4, 0.5) is 0 Å². The van der Waals surface area contributed by atoms with Gasteiger partial charge in [0.1, 0.15) is 0 Å². The number of hydrogen-bond donors (Lipinski definition) is 2. The van der Waals surface area contributed by atoms with Gasteiger partial charge in [-0.1, -0.05) is 39.0 Å². The number of hydrogen-bond acceptors (Lipinski definition) is 2. The molecule has 0 bridgehead atoms. The summed E-state index contributed by atoms with van der Waals surface area (Å²) < 4.78 is 0. The lowest BCUT2D eigenvalue weighted by atomic mass is 9.89. The van der Waals surface area contributed by atoms with E-state index in [4.69, 9.17) is 0 Å². The minimum atomic E-state index is 0.259. The molecule has 110 valence electrons. The number of rotatable bonds is 6. The Labute approximate surface area is 117 Å². The van der Waals surface area contributed by atoms with Gasteiger partial charge in [0.25, 0.3) is 0 Å². The highest BCUT2D eigenvalue weighted by Gasteiger charge is 2.26. The molecule has 2 atom stereocenters. The van der Waals surface area contributed by atoms with Crippen molar-refractivity contribution in [2.75, 3.05) is 13.1 Å². The van der Waals surface area contributed by atoms with E-state index in [1.807, 2.05) is 0 Å². The molecule has 0 aromatic heterocycles. The molecular weight excluding hydrogens is 236 g/mol. The van der Waals surface area contributed by atoms with E-state index in [1.54, 1.807) is 0 Å². The molecule has 1 saturated carbocycles. The quantitative estimate of drug-likeness (QED) is 0.776. The molecule has 2 rings (SSSR count). The standard InChI is InChI=1S/C16H30N2O/c1-2-6-14(11-13-7-3-4-8-13)16(19)18-15-9-5-10-17-12-15/h13-15,17H,2-12H2,1H3,(H,18,19). The number of piperidine rings is 1. The average molecular weight is 266 g/mol. The van der Waals surface area contributed by atoms with Crippen LogP contribution in [0.3, 0.4) is 0 Å². The Morgan fingerprint density at radius 3 is 2.68 bits per heavy atom. The van der Waals surface area contributed by atoms with Crippen molar-refractivity contribution < 1.29 is 4.79 Å². The summed E-state index contributed by atoms with van der Waals surface area (Å²) in [6, 6.07) is 0.365. The van der Waals surface area contributed by atoms with Crippen LogP contribution in [0.5, 0.6) is 0 Å². The van der Waals surface area contributed by atoms with E-state index in [-0.39, 0.29) is 5.92 Å². The first-order valence-electron chi connectivity index (χ1n) is 8.30. The van der Waals surface area contributed by atoms with Crippen LogP contribution in [0.1, 0.15) is 64.7 Å². The molecular formula is C16H30N2O. The van der Waals surface area contributed by atoms with Crippen molar-refractivity contribution in [3.63, 3.8) is 0 Å². The molecule has 1 saturated heterocycles. The van der Waals surface area contributed by atoms with Crippen molar-refractivity contribution in [3.8, 4) is 0 Å². The largest absolute Gasteiger partial charge is 0.352 e. The van der Waals surface area contributed by atoms with Crippen molar-refractivity contribution in [2.24, 2.45) is 11.8 Å². The van der Waals surface area contributed by atoms with E-state index in [0.29, 0.717) is 11.9 Å². The van der Waals surface area contributed by atoms with Crippen LogP contribution in [0.25, 0.3) is 0 Å².